The molecule has 1 aromatic carbocycles. The molecule has 1 aromatic heterocycles. The first-order valence-corrected chi connectivity index (χ1v) is 6.17. The highest BCUT2D eigenvalue weighted by atomic mass is 16.4. The summed E-state index contributed by atoms with van der Waals surface area (Å²) in [5.41, 5.74) is 4.34. The van der Waals surface area contributed by atoms with E-state index < -0.39 is 11.7 Å². The molecular weight excluding hydrogens is 260 g/mol. The third-order valence-corrected chi connectivity index (χ3v) is 3.07. The second-order valence-electron chi connectivity index (χ2n) is 4.39. The van der Waals surface area contributed by atoms with Crippen LogP contribution in [0.3, 0.4) is 0 Å². The van der Waals surface area contributed by atoms with E-state index >= 15 is 0 Å². The number of nitrogens with zero attached hydrogens (tertiary/aromatic N) is 3. The SMILES string of the molecule is CCN(Nc1nc2cccc(C)c2n(C)c1=O)C(=O)[O-]. The normalized spacial score (nSPS) is 10.6. The van der Waals surface area contributed by atoms with Crippen molar-refractivity contribution in [2.24, 2.45) is 7.05 Å². The summed E-state index contributed by atoms with van der Waals surface area (Å²) in [5, 5.41) is 11.7. The average Bonchev–Trinajstić information content (AvgIpc) is 2.40. The van der Waals surface area contributed by atoms with E-state index in [1.54, 1.807) is 20.0 Å². The molecule has 0 aliphatic heterocycles. The van der Waals surface area contributed by atoms with Crippen LogP contribution in [0.5, 0.6) is 0 Å². The fraction of sp³-hybridized carbons (Fsp3) is 0.308. The maximum Gasteiger partial charge on any atom is 0.295 e. The van der Waals surface area contributed by atoms with E-state index in [9.17, 15) is 14.7 Å². The van der Waals surface area contributed by atoms with Gasteiger partial charge in [-0.05, 0) is 25.5 Å². The number of hydrogen-bond donors (Lipinski definition) is 1. The van der Waals surface area contributed by atoms with Gasteiger partial charge in [0.25, 0.3) is 5.56 Å². The second-order valence-corrected chi connectivity index (χ2v) is 4.39. The number of anilines is 1. The topological polar surface area (TPSA) is 90.3 Å². The molecular formula is C13H15N4O3-. The molecule has 106 valence electrons. The Bertz CT molecular complexity index is 723. The molecule has 0 saturated carbocycles. The predicted octanol–water partition coefficient (Wildman–Crippen LogP) is 0.234. The van der Waals surface area contributed by atoms with Crippen molar-refractivity contribution in [3.8, 4) is 0 Å². The van der Waals surface area contributed by atoms with Crippen LogP contribution in [0.15, 0.2) is 23.0 Å². The van der Waals surface area contributed by atoms with Gasteiger partial charge in [-0.1, -0.05) is 12.1 Å². The molecule has 0 saturated heterocycles. The summed E-state index contributed by atoms with van der Waals surface area (Å²) in [4.78, 5) is 27.3. The lowest BCUT2D eigenvalue weighted by molar-refractivity contribution is -0.263. The number of rotatable bonds is 3. The molecule has 0 fully saturated rings. The van der Waals surface area contributed by atoms with Crippen molar-refractivity contribution >= 4 is 22.9 Å². The largest absolute Gasteiger partial charge is 0.529 e. The molecule has 2 rings (SSSR count). The number of fused-ring (bicyclic) bond motifs is 1. The molecule has 0 aliphatic carbocycles. The average molecular weight is 275 g/mol. The number of hydrazine groups is 1. The lowest BCUT2D eigenvalue weighted by atomic mass is 10.2. The predicted molar refractivity (Wildman–Crippen MR) is 73.1 cm³/mol. The van der Waals surface area contributed by atoms with Crippen molar-refractivity contribution in [3.63, 3.8) is 0 Å². The highest BCUT2D eigenvalue weighted by Crippen LogP contribution is 2.15. The summed E-state index contributed by atoms with van der Waals surface area (Å²) in [5.74, 6) is -0.0448. The van der Waals surface area contributed by atoms with Crippen molar-refractivity contribution in [2.45, 2.75) is 13.8 Å². The molecule has 0 radical (unpaired) electrons. The van der Waals surface area contributed by atoms with E-state index in [4.69, 9.17) is 0 Å². The highest BCUT2D eigenvalue weighted by Gasteiger charge is 2.12. The molecule has 1 amide bonds. The van der Waals surface area contributed by atoms with Crippen molar-refractivity contribution in [1.82, 2.24) is 14.6 Å². The summed E-state index contributed by atoms with van der Waals surface area (Å²) in [6, 6.07) is 5.48. The van der Waals surface area contributed by atoms with Crippen LogP contribution in [0, 0.1) is 6.92 Å². The quantitative estimate of drug-likeness (QED) is 0.810. The van der Waals surface area contributed by atoms with Crippen molar-refractivity contribution in [2.75, 3.05) is 12.0 Å². The molecule has 2 aromatic rings. The smallest absolute Gasteiger partial charge is 0.295 e. The number of nitrogens with one attached hydrogen (secondary N) is 1. The third-order valence-electron chi connectivity index (χ3n) is 3.07. The molecule has 7 heteroatoms. The zero-order valence-corrected chi connectivity index (χ0v) is 11.5. The zero-order valence-electron chi connectivity index (χ0n) is 11.5. The van der Waals surface area contributed by atoms with Gasteiger partial charge in [-0.3, -0.25) is 15.2 Å². The molecule has 7 nitrogen and oxygen atoms in total. The molecule has 0 unspecified atom stereocenters. The Morgan fingerprint density at radius 1 is 1.50 bits per heavy atom. The summed E-state index contributed by atoms with van der Waals surface area (Å²) in [6.07, 6.45) is -1.42. The number of carbonyl (C=O) groups is 1. The number of hydrogen-bond acceptors (Lipinski definition) is 5. The standard InChI is InChI=1S/C13H16N4O3/c1-4-17(13(19)20)15-11-12(18)16(3)10-8(2)6-5-7-9(10)14-11/h5-7H,4H2,1-3H3,(H,14,15)(H,19,20)/p-1. The Balaban J connectivity index is 2.59. The van der Waals surface area contributed by atoms with E-state index in [-0.39, 0.29) is 12.4 Å². The van der Waals surface area contributed by atoms with Crippen LogP contribution >= 0.6 is 0 Å². The van der Waals surface area contributed by atoms with Gasteiger partial charge in [0.05, 0.1) is 11.0 Å². The Morgan fingerprint density at radius 2 is 2.20 bits per heavy atom. The van der Waals surface area contributed by atoms with Crippen LogP contribution in [-0.4, -0.2) is 27.2 Å². The van der Waals surface area contributed by atoms with E-state index in [1.165, 1.54) is 4.57 Å². The number of amides is 1. The number of carboxylic acid groups (broad SMARTS) is 1. The summed E-state index contributed by atoms with van der Waals surface area (Å²) in [7, 11) is 1.62. The van der Waals surface area contributed by atoms with E-state index in [0.29, 0.717) is 5.52 Å². The third kappa shape index (κ3) is 2.29. The van der Waals surface area contributed by atoms with Gasteiger partial charge in [0, 0.05) is 13.6 Å². The zero-order chi connectivity index (χ0) is 14.9. The number of aromatic nitrogens is 2. The van der Waals surface area contributed by atoms with Gasteiger partial charge in [-0.25, -0.2) is 4.98 Å². The number of aryl methyl sites for hydroxylation is 2. The van der Waals surface area contributed by atoms with Crippen LogP contribution < -0.4 is 16.1 Å². The fourth-order valence-electron chi connectivity index (χ4n) is 2.05. The van der Waals surface area contributed by atoms with Crippen molar-refractivity contribution < 1.29 is 9.90 Å². The minimum atomic E-state index is -1.42. The van der Waals surface area contributed by atoms with Crippen LogP contribution in [-0.2, 0) is 7.05 Å². The van der Waals surface area contributed by atoms with Gasteiger partial charge in [-0.15, -0.1) is 0 Å². The van der Waals surface area contributed by atoms with Gasteiger partial charge < -0.3 is 14.5 Å². The first kappa shape index (κ1) is 13.9. The minimum Gasteiger partial charge on any atom is -0.529 e. The molecule has 1 N–H and O–H groups in total. The molecule has 0 atom stereocenters. The van der Waals surface area contributed by atoms with Gasteiger partial charge in [-0.2, -0.15) is 0 Å². The van der Waals surface area contributed by atoms with Gasteiger partial charge in [0.2, 0.25) is 5.82 Å². The van der Waals surface area contributed by atoms with Gasteiger partial charge in [0.1, 0.15) is 0 Å². The first-order valence-electron chi connectivity index (χ1n) is 6.17. The molecule has 0 bridgehead atoms. The summed E-state index contributed by atoms with van der Waals surface area (Å²) in [6.45, 7) is 3.65. The van der Waals surface area contributed by atoms with Crippen molar-refractivity contribution in [1.29, 1.82) is 0 Å². The first-order chi connectivity index (χ1) is 9.45. The Hall–Kier alpha value is -2.57. The molecule has 0 spiro atoms. The van der Waals surface area contributed by atoms with E-state index in [1.807, 2.05) is 19.1 Å². The van der Waals surface area contributed by atoms with E-state index in [2.05, 4.69) is 10.4 Å². The Labute approximate surface area is 115 Å². The molecule has 0 aliphatic rings. The van der Waals surface area contributed by atoms with Gasteiger partial charge >= 0.3 is 0 Å². The second kappa shape index (κ2) is 5.20. The minimum absolute atomic E-state index is 0.0448. The lowest BCUT2D eigenvalue weighted by Crippen LogP contribution is -2.46. The number of para-hydroxylation sites is 1. The maximum absolute atomic E-state index is 12.2. The summed E-state index contributed by atoms with van der Waals surface area (Å²) >= 11 is 0. The van der Waals surface area contributed by atoms with Crippen LogP contribution in [0.2, 0.25) is 0 Å². The summed E-state index contributed by atoms with van der Waals surface area (Å²) < 4.78 is 1.45. The van der Waals surface area contributed by atoms with E-state index in [0.717, 1.165) is 16.1 Å². The van der Waals surface area contributed by atoms with Crippen molar-refractivity contribution in [3.05, 3.63) is 34.1 Å². The van der Waals surface area contributed by atoms with Crippen LogP contribution in [0.4, 0.5) is 10.6 Å². The van der Waals surface area contributed by atoms with Crippen LogP contribution in [0.1, 0.15) is 12.5 Å². The van der Waals surface area contributed by atoms with Gasteiger partial charge in [0.15, 0.2) is 6.09 Å². The highest BCUT2D eigenvalue weighted by molar-refractivity contribution is 5.79. The lowest BCUT2D eigenvalue weighted by Gasteiger charge is -2.24. The number of benzene rings is 1. The molecule has 20 heavy (non-hydrogen) atoms. The number of carbonyl (C=O) groups excluding carboxylic acids is 1. The fourth-order valence-corrected chi connectivity index (χ4v) is 2.05. The monoisotopic (exact) mass is 275 g/mol. The van der Waals surface area contributed by atoms with Crippen LogP contribution in [0.25, 0.3) is 11.0 Å². The maximum atomic E-state index is 12.2. The Kier molecular flexibility index (Phi) is 3.60. The molecule has 1 heterocycles. The Morgan fingerprint density at radius 3 is 2.80 bits per heavy atom.